The highest BCUT2D eigenvalue weighted by atomic mass is 16.1. The fourth-order valence-electron chi connectivity index (χ4n) is 4.18. The molecule has 0 radical (unpaired) electrons. The van der Waals surface area contributed by atoms with Gasteiger partial charge in [0, 0.05) is 42.3 Å². The van der Waals surface area contributed by atoms with Gasteiger partial charge in [-0.15, -0.1) is 0 Å². The number of aryl methyl sites for hydroxylation is 2. The molecular formula is C23H33N3O. The van der Waals surface area contributed by atoms with Crippen molar-refractivity contribution in [1.82, 2.24) is 4.57 Å². The van der Waals surface area contributed by atoms with Crippen molar-refractivity contribution in [3.63, 3.8) is 0 Å². The van der Waals surface area contributed by atoms with Crippen molar-refractivity contribution >= 4 is 17.3 Å². The lowest BCUT2D eigenvalue weighted by molar-refractivity contribution is -0.120. The molecule has 1 aliphatic rings. The van der Waals surface area contributed by atoms with E-state index < -0.39 is 0 Å². The summed E-state index contributed by atoms with van der Waals surface area (Å²) in [5.74, 6) is 0.293. The first-order chi connectivity index (χ1) is 13.0. The normalized spacial score (nSPS) is 13.7. The van der Waals surface area contributed by atoms with Crippen molar-refractivity contribution in [2.75, 3.05) is 16.8 Å². The van der Waals surface area contributed by atoms with Gasteiger partial charge in [-0.2, -0.15) is 0 Å². The maximum absolute atomic E-state index is 12.8. The predicted octanol–water partition coefficient (Wildman–Crippen LogP) is 5.28. The molecule has 2 heterocycles. The molecule has 27 heavy (non-hydrogen) atoms. The van der Waals surface area contributed by atoms with Gasteiger partial charge in [0.25, 0.3) is 0 Å². The van der Waals surface area contributed by atoms with Crippen LogP contribution >= 0.6 is 0 Å². The molecule has 0 unspecified atom stereocenters. The van der Waals surface area contributed by atoms with Gasteiger partial charge in [0.15, 0.2) is 0 Å². The van der Waals surface area contributed by atoms with E-state index in [1.54, 1.807) is 0 Å². The summed E-state index contributed by atoms with van der Waals surface area (Å²) < 4.78 is 2.33. The van der Waals surface area contributed by atoms with Crippen molar-refractivity contribution in [2.24, 2.45) is 5.92 Å². The van der Waals surface area contributed by atoms with E-state index in [2.05, 4.69) is 72.9 Å². The second-order valence-electron chi connectivity index (χ2n) is 7.83. The molecule has 146 valence electrons. The maximum Gasteiger partial charge on any atom is 0.227 e. The SMILES string of the molecule is CCCC(CCC)C(=O)Nc1c(C)cc(N2CCn3cccc3C2)cc1C. The van der Waals surface area contributed by atoms with Gasteiger partial charge >= 0.3 is 0 Å². The van der Waals surface area contributed by atoms with Gasteiger partial charge in [-0.25, -0.2) is 0 Å². The number of hydrogen-bond acceptors (Lipinski definition) is 2. The third-order valence-corrected chi connectivity index (χ3v) is 5.66. The third kappa shape index (κ3) is 4.37. The molecule has 0 bridgehead atoms. The van der Waals surface area contributed by atoms with Gasteiger partial charge in [0.1, 0.15) is 0 Å². The zero-order valence-corrected chi connectivity index (χ0v) is 17.2. The largest absolute Gasteiger partial charge is 0.364 e. The molecule has 4 nitrogen and oxygen atoms in total. The second-order valence-corrected chi connectivity index (χ2v) is 7.83. The number of benzene rings is 1. The summed E-state index contributed by atoms with van der Waals surface area (Å²) in [5, 5.41) is 3.23. The minimum Gasteiger partial charge on any atom is -0.364 e. The first-order valence-corrected chi connectivity index (χ1v) is 10.3. The average molecular weight is 368 g/mol. The molecule has 4 heteroatoms. The zero-order chi connectivity index (χ0) is 19.4. The Labute approximate surface area is 163 Å². The Morgan fingerprint density at radius 2 is 1.78 bits per heavy atom. The van der Waals surface area contributed by atoms with E-state index in [9.17, 15) is 4.79 Å². The Bertz CT molecular complexity index is 764. The Morgan fingerprint density at radius 3 is 2.41 bits per heavy atom. The van der Waals surface area contributed by atoms with Gasteiger partial charge in [0.05, 0.1) is 6.54 Å². The minimum atomic E-state index is 0.119. The van der Waals surface area contributed by atoms with Gasteiger partial charge in [-0.05, 0) is 62.1 Å². The maximum atomic E-state index is 12.8. The zero-order valence-electron chi connectivity index (χ0n) is 17.2. The number of rotatable bonds is 7. The molecule has 0 atom stereocenters. The quantitative estimate of drug-likeness (QED) is 0.723. The van der Waals surface area contributed by atoms with Crippen LogP contribution in [0.4, 0.5) is 11.4 Å². The van der Waals surface area contributed by atoms with Crippen LogP contribution in [0.2, 0.25) is 0 Å². The first kappa shape index (κ1) is 19.5. The van der Waals surface area contributed by atoms with Crippen LogP contribution in [-0.2, 0) is 17.9 Å². The van der Waals surface area contributed by atoms with Crippen LogP contribution in [0.5, 0.6) is 0 Å². The van der Waals surface area contributed by atoms with E-state index in [-0.39, 0.29) is 11.8 Å². The van der Waals surface area contributed by atoms with E-state index in [0.29, 0.717) is 0 Å². The Kier molecular flexibility index (Phi) is 6.25. The molecule has 1 N–H and O–H groups in total. The summed E-state index contributed by atoms with van der Waals surface area (Å²) >= 11 is 0. The number of hydrogen-bond donors (Lipinski definition) is 1. The van der Waals surface area contributed by atoms with E-state index in [4.69, 9.17) is 0 Å². The number of carbonyl (C=O) groups excluding carboxylic acids is 1. The molecule has 0 spiro atoms. The monoisotopic (exact) mass is 367 g/mol. The van der Waals surface area contributed by atoms with Gasteiger partial charge < -0.3 is 14.8 Å². The highest BCUT2D eigenvalue weighted by molar-refractivity contribution is 5.94. The van der Waals surface area contributed by atoms with Gasteiger partial charge in [0.2, 0.25) is 5.91 Å². The number of amides is 1. The molecule has 1 amide bonds. The number of nitrogens with zero attached hydrogens (tertiary/aromatic N) is 2. The van der Waals surface area contributed by atoms with Gasteiger partial charge in [-0.1, -0.05) is 26.7 Å². The number of carbonyl (C=O) groups is 1. The highest BCUT2D eigenvalue weighted by Gasteiger charge is 2.20. The molecule has 1 aromatic carbocycles. The van der Waals surface area contributed by atoms with Crippen LogP contribution in [0.15, 0.2) is 30.5 Å². The van der Waals surface area contributed by atoms with E-state index in [1.165, 1.54) is 11.4 Å². The Balaban J connectivity index is 1.76. The number of fused-ring (bicyclic) bond motifs is 1. The molecule has 1 aliphatic heterocycles. The average Bonchev–Trinajstić information content (AvgIpc) is 3.12. The van der Waals surface area contributed by atoms with Crippen molar-refractivity contribution in [2.45, 2.75) is 66.5 Å². The summed E-state index contributed by atoms with van der Waals surface area (Å²) in [5.41, 5.74) is 5.88. The molecule has 1 aromatic heterocycles. The molecule has 0 fully saturated rings. The molecule has 2 aromatic rings. The van der Waals surface area contributed by atoms with E-state index in [1.807, 2.05) is 0 Å². The lowest BCUT2D eigenvalue weighted by atomic mass is 9.96. The molecule has 0 saturated heterocycles. The van der Waals surface area contributed by atoms with Crippen molar-refractivity contribution < 1.29 is 4.79 Å². The number of nitrogens with one attached hydrogen (secondary N) is 1. The Morgan fingerprint density at radius 1 is 1.11 bits per heavy atom. The molecule has 3 rings (SSSR count). The standard InChI is InChI=1S/C23H33N3O/c1-5-8-19(9-6-2)23(27)24-22-17(3)14-21(15-18(22)4)26-13-12-25-11-7-10-20(25)16-26/h7,10-11,14-15,19H,5-6,8-9,12-13,16H2,1-4H3,(H,24,27). The summed E-state index contributed by atoms with van der Waals surface area (Å²) in [6.45, 7) is 11.5. The predicted molar refractivity (Wildman–Crippen MR) is 113 cm³/mol. The third-order valence-electron chi connectivity index (χ3n) is 5.66. The molecular weight excluding hydrogens is 334 g/mol. The Hall–Kier alpha value is -2.23. The van der Waals surface area contributed by atoms with Crippen LogP contribution < -0.4 is 10.2 Å². The number of anilines is 2. The van der Waals surface area contributed by atoms with Crippen LogP contribution in [0.3, 0.4) is 0 Å². The van der Waals surface area contributed by atoms with E-state index >= 15 is 0 Å². The van der Waals surface area contributed by atoms with Crippen LogP contribution in [-0.4, -0.2) is 17.0 Å². The molecule has 0 aliphatic carbocycles. The fourth-order valence-corrected chi connectivity index (χ4v) is 4.18. The summed E-state index contributed by atoms with van der Waals surface area (Å²) in [6.07, 6.45) is 6.18. The van der Waals surface area contributed by atoms with Crippen molar-refractivity contribution in [3.8, 4) is 0 Å². The van der Waals surface area contributed by atoms with E-state index in [0.717, 1.165) is 62.1 Å². The highest BCUT2D eigenvalue weighted by Crippen LogP contribution is 2.30. The van der Waals surface area contributed by atoms with Crippen molar-refractivity contribution in [3.05, 3.63) is 47.3 Å². The minimum absolute atomic E-state index is 0.119. The molecule has 0 saturated carbocycles. The topological polar surface area (TPSA) is 37.3 Å². The first-order valence-electron chi connectivity index (χ1n) is 10.3. The van der Waals surface area contributed by atoms with Crippen LogP contribution in [0, 0.1) is 19.8 Å². The lowest BCUT2D eigenvalue weighted by Crippen LogP contribution is -2.33. The number of aromatic nitrogens is 1. The van der Waals surface area contributed by atoms with Crippen LogP contribution in [0.1, 0.15) is 56.4 Å². The second kappa shape index (κ2) is 8.64. The summed E-state index contributed by atoms with van der Waals surface area (Å²) in [7, 11) is 0. The van der Waals surface area contributed by atoms with Gasteiger partial charge in [-0.3, -0.25) is 4.79 Å². The van der Waals surface area contributed by atoms with Crippen molar-refractivity contribution in [1.29, 1.82) is 0 Å². The smallest absolute Gasteiger partial charge is 0.227 e. The summed E-state index contributed by atoms with van der Waals surface area (Å²) in [6, 6.07) is 8.75. The fraction of sp³-hybridized carbons (Fsp3) is 0.522. The lowest BCUT2D eigenvalue weighted by Gasteiger charge is -2.31. The summed E-state index contributed by atoms with van der Waals surface area (Å²) in [4.78, 5) is 15.2. The van der Waals surface area contributed by atoms with Crippen LogP contribution in [0.25, 0.3) is 0 Å².